The van der Waals surface area contributed by atoms with Crippen LogP contribution < -0.4 is 4.90 Å². The lowest BCUT2D eigenvalue weighted by atomic mass is 9.65. The van der Waals surface area contributed by atoms with Gasteiger partial charge in [-0.25, -0.2) is 0 Å². The second kappa shape index (κ2) is 4.15. The first-order valence-electron chi connectivity index (χ1n) is 8.56. The lowest BCUT2D eigenvalue weighted by Gasteiger charge is -2.46. The molecule has 1 spiro atoms. The number of carbonyl (C=O) groups is 1. The van der Waals surface area contributed by atoms with Crippen LogP contribution in [-0.2, 0) is 10.2 Å². The Labute approximate surface area is 137 Å². The predicted molar refractivity (Wildman–Crippen MR) is 91.4 cm³/mol. The van der Waals surface area contributed by atoms with E-state index in [1.54, 1.807) is 0 Å². The van der Waals surface area contributed by atoms with Crippen molar-refractivity contribution in [1.82, 2.24) is 4.90 Å². The van der Waals surface area contributed by atoms with Crippen LogP contribution in [0.1, 0.15) is 18.4 Å². The van der Waals surface area contributed by atoms with Gasteiger partial charge in [0.25, 0.3) is 0 Å². The van der Waals surface area contributed by atoms with Gasteiger partial charge in [-0.05, 0) is 31.0 Å². The van der Waals surface area contributed by atoms with E-state index in [9.17, 15) is 4.79 Å². The topological polar surface area (TPSA) is 23.6 Å². The van der Waals surface area contributed by atoms with Crippen LogP contribution >= 0.6 is 0 Å². The summed E-state index contributed by atoms with van der Waals surface area (Å²) >= 11 is 0. The second-order valence-electron chi connectivity index (χ2n) is 7.58. The average molecular weight is 306 g/mol. The fourth-order valence-electron chi connectivity index (χ4n) is 6.07. The molecular formula is C20H22N2O. The van der Waals surface area contributed by atoms with Crippen molar-refractivity contribution >= 4 is 11.6 Å². The molecule has 3 heterocycles. The van der Waals surface area contributed by atoms with Gasteiger partial charge in [0.15, 0.2) is 0 Å². The summed E-state index contributed by atoms with van der Waals surface area (Å²) in [5.74, 6) is 0.354. The second-order valence-corrected chi connectivity index (χ2v) is 7.58. The van der Waals surface area contributed by atoms with E-state index in [0.717, 1.165) is 31.6 Å². The van der Waals surface area contributed by atoms with Gasteiger partial charge in [0.1, 0.15) is 0 Å². The van der Waals surface area contributed by atoms with Crippen molar-refractivity contribution in [2.24, 2.45) is 11.3 Å². The molecule has 23 heavy (non-hydrogen) atoms. The maximum Gasteiger partial charge on any atom is 0.230 e. The summed E-state index contributed by atoms with van der Waals surface area (Å²) < 4.78 is 0. The molecule has 0 unspecified atom stereocenters. The SMILES string of the molecule is C=C[C@]12C=CCN3CC[C@@]4(c5ccccc5N(C)C(=O)[C@@H]4C1)[C@@H]32. The molecule has 4 aliphatic rings. The number of para-hydroxylation sites is 1. The Balaban J connectivity index is 1.83. The Kier molecular flexibility index (Phi) is 2.45. The van der Waals surface area contributed by atoms with Crippen molar-refractivity contribution < 1.29 is 4.79 Å². The minimum atomic E-state index is -0.0621. The van der Waals surface area contributed by atoms with Crippen LogP contribution in [0.25, 0.3) is 0 Å². The summed E-state index contributed by atoms with van der Waals surface area (Å²) in [6.07, 6.45) is 8.69. The van der Waals surface area contributed by atoms with Crippen LogP contribution in [0.3, 0.4) is 0 Å². The number of hydrogen-bond acceptors (Lipinski definition) is 2. The summed E-state index contributed by atoms with van der Waals surface area (Å²) in [4.78, 5) is 17.7. The van der Waals surface area contributed by atoms with E-state index in [1.165, 1.54) is 5.56 Å². The van der Waals surface area contributed by atoms with E-state index in [1.807, 2.05) is 18.0 Å². The molecule has 118 valence electrons. The van der Waals surface area contributed by atoms with Crippen LogP contribution in [0.4, 0.5) is 5.69 Å². The summed E-state index contributed by atoms with van der Waals surface area (Å²) in [5.41, 5.74) is 2.37. The first-order chi connectivity index (χ1) is 11.1. The van der Waals surface area contributed by atoms with E-state index in [4.69, 9.17) is 0 Å². The molecule has 1 saturated heterocycles. The molecule has 0 bridgehead atoms. The predicted octanol–water partition coefficient (Wildman–Crippen LogP) is 2.74. The summed E-state index contributed by atoms with van der Waals surface area (Å²) in [7, 11) is 1.93. The minimum absolute atomic E-state index is 0.0425. The van der Waals surface area contributed by atoms with Crippen molar-refractivity contribution in [3.8, 4) is 0 Å². The van der Waals surface area contributed by atoms with Crippen LogP contribution in [0.5, 0.6) is 0 Å². The largest absolute Gasteiger partial charge is 0.315 e. The monoisotopic (exact) mass is 306 g/mol. The maximum absolute atomic E-state index is 13.2. The van der Waals surface area contributed by atoms with Gasteiger partial charge in [-0.2, -0.15) is 0 Å². The number of amides is 1. The van der Waals surface area contributed by atoms with Gasteiger partial charge in [0, 0.05) is 36.2 Å². The Morgan fingerprint density at radius 1 is 1.35 bits per heavy atom. The summed E-state index contributed by atoms with van der Waals surface area (Å²) in [6.45, 7) is 6.24. The van der Waals surface area contributed by atoms with Crippen LogP contribution in [0.15, 0.2) is 49.1 Å². The Bertz CT molecular complexity index is 754. The molecule has 5 rings (SSSR count). The minimum Gasteiger partial charge on any atom is -0.315 e. The molecule has 0 N–H and O–H groups in total. The number of benzene rings is 1. The van der Waals surface area contributed by atoms with Gasteiger partial charge in [0.2, 0.25) is 5.91 Å². The fraction of sp³-hybridized carbons (Fsp3) is 0.450. The molecule has 4 atom stereocenters. The highest BCUT2D eigenvalue weighted by molar-refractivity contribution is 6.00. The van der Waals surface area contributed by atoms with Gasteiger partial charge >= 0.3 is 0 Å². The zero-order valence-corrected chi connectivity index (χ0v) is 13.5. The average Bonchev–Trinajstić information content (AvgIpc) is 3.13. The normalized spacial score (nSPS) is 40.7. The molecule has 3 nitrogen and oxygen atoms in total. The summed E-state index contributed by atoms with van der Waals surface area (Å²) in [6, 6.07) is 8.91. The number of carbonyl (C=O) groups excluding carboxylic acids is 1. The zero-order valence-electron chi connectivity index (χ0n) is 13.5. The highest BCUT2D eigenvalue weighted by Gasteiger charge is 2.69. The van der Waals surface area contributed by atoms with Gasteiger partial charge in [0.05, 0.1) is 5.92 Å². The van der Waals surface area contributed by atoms with Gasteiger partial charge in [-0.15, -0.1) is 6.58 Å². The zero-order chi connectivity index (χ0) is 15.8. The smallest absolute Gasteiger partial charge is 0.230 e. The number of nitrogens with zero attached hydrogens (tertiary/aromatic N) is 2. The Morgan fingerprint density at radius 2 is 2.17 bits per heavy atom. The van der Waals surface area contributed by atoms with Crippen LogP contribution in [0.2, 0.25) is 0 Å². The first kappa shape index (κ1) is 13.6. The lowest BCUT2D eigenvalue weighted by molar-refractivity contribution is -0.124. The summed E-state index contributed by atoms with van der Waals surface area (Å²) in [5, 5.41) is 0. The van der Waals surface area contributed by atoms with Crippen LogP contribution in [-0.4, -0.2) is 37.0 Å². The first-order valence-corrected chi connectivity index (χ1v) is 8.56. The Hall–Kier alpha value is -1.87. The molecule has 3 aliphatic heterocycles. The van der Waals surface area contributed by atoms with Crippen molar-refractivity contribution in [3.63, 3.8) is 0 Å². The molecule has 0 aromatic heterocycles. The van der Waals surface area contributed by atoms with E-state index in [0.29, 0.717) is 6.04 Å². The van der Waals surface area contributed by atoms with Gasteiger partial charge in [-0.3, -0.25) is 9.69 Å². The highest BCUT2D eigenvalue weighted by Crippen LogP contribution is 2.66. The third-order valence-electron chi connectivity index (χ3n) is 6.90. The molecule has 1 aliphatic carbocycles. The van der Waals surface area contributed by atoms with Crippen molar-refractivity contribution in [3.05, 3.63) is 54.6 Å². The van der Waals surface area contributed by atoms with Crippen LogP contribution in [0, 0.1) is 11.3 Å². The van der Waals surface area contributed by atoms with Gasteiger partial charge in [-0.1, -0.05) is 36.4 Å². The van der Waals surface area contributed by atoms with Crippen molar-refractivity contribution in [1.29, 1.82) is 0 Å². The maximum atomic E-state index is 13.2. The molecule has 1 saturated carbocycles. The number of rotatable bonds is 1. The number of fused-ring (bicyclic) bond motifs is 1. The third kappa shape index (κ3) is 1.35. The van der Waals surface area contributed by atoms with E-state index < -0.39 is 0 Å². The third-order valence-corrected chi connectivity index (χ3v) is 6.90. The molecule has 1 amide bonds. The Morgan fingerprint density at radius 3 is 3.00 bits per heavy atom. The van der Waals surface area contributed by atoms with E-state index in [-0.39, 0.29) is 22.7 Å². The molecule has 2 fully saturated rings. The van der Waals surface area contributed by atoms with Crippen molar-refractivity contribution in [2.75, 3.05) is 25.0 Å². The number of anilines is 1. The van der Waals surface area contributed by atoms with Crippen molar-refractivity contribution in [2.45, 2.75) is 24.3 Å². The number of hydrogen-bond donors (Lipinski definition) is 0. The fourth-order valence-corrected chi connectivity index (χ4v) is 6.07. The van der Waals surface area contributed by atoms with Gasteiger partial charge < -0.3 is 4.90 Å². The molecule has 1 aromatic carbocycles. The quantitative estimate of drug-likeness (QED) is 0.745. The van der Waals surface area contributed by atoms with E-state index in [2.05, 4.69) is 47.9 Å². The molecule has 0 radical (unpaired) electrons. The highest BCUT2D eigenvalue weighted by atomic mass is 16.2. The molecular weight excluding hydrogens is 284 g/mol. The standard InChI is InChI=1S/C20H22N2O/c1-3-19-9-6-11-22-12-10-20(18(19)22)14-7-4-5-8-16(14)21(2)17(23)15(20)13-19/h3-9,15,18H,1,10-13H2,2H3/t15-,18-,19-,20-/m0/s1. The lowest BCUT2D eigenvalue weighted by Crippen LogP contribution is -2.54. The molecule has 1 aromatic rings. The van der Waals surface area contributed by atoms with E-state index >= 15 is 0 Å². The molecule has 3 heteroatoms.